The lowest BCUT2D eigenvalue weighted by Gasteiger charge is -2.10. The van der Waals surface area contributed by atoms with Gasteiger partial charge in [-0.15, -0.1) is 0 Å². The Morgan fingerprint density at radius 2 is 1.94 bits per heavy atom. The quantitative estimate of drug-likeness (QED) is 0.764. The molecular weight excluding hydrogens is 204 g/mol. The number of fused-ring (bicyclic) bond motifs is 1. The van der Waals surface area contributed by atoms with Crippen LogP contribution < -0.4 is 4.74 Å². The predicted molar refractivity (Wildman–Crippen MR) is 55.8 cm³/mol. The lowest BCUT2D eigenvalue weighted by atomic mass is 9.94. The van der Waals surface area contributed by atoms with Crippen molar-refractivity contribution in [3.63, 3.8) is 0 Å². The Kier molecular flexibility index (Phi) is 2.52. The second-order valence-corrected chi connectivity index (χ2v) is 3.77. The molecule has 0 aromatic heterocycles. The highest BCUT2D eigenvalue weighted by Crippen LogP contribution is 2.39. The second-order valence-electron chi connectivity index (χ2n) is 3.77. The molecule has 1 unspecified atom stereocenters. The minimum atomic E-state index is -0.125. The molecule has 1 heterocycles. The van der Waals surface area contributed by atoms with Gasteiger partial charge >= 0.3 is 0 Å². The van der Waals surface area contributed by atoms with E-state index in [4.69, 9.17) is 15.3 Å². The van der Waals surface area contributed by atoms with Crippen LogP contribution in [0.25, 0.3) is 0 Å². The highest BCUT2D eigenvalue weighted by molar-refractivity contribution is 5.55. The summed E-state index contributed by atoms with van der Waals surface area (Å²) in [6, 6.07) is 7.14. The SMILES string of the molecule is C[C@H]1Oc2cc(C#N)c(C#N)cc2C1CO. The molecule has 1 N–H and O–H groups in total. The summed E-state index contributed by atoms with van der Waals surface area (Å²) in [5, 5.41) is 27.0. The van der Waals surface area contributed by atoms with Crippen LogP contribution >= 0.6 is 0 Å². The molecule has 0 fully saturated rings. The van der Waals surface area contributed by atoms with E-state index < -0.39 is 0 Å². The maximum absolute atomic E-state index is 9.25. The first-order valence-corrected chi connectivity index (χ1v) is 4.97. The van der Waals surface area contributed by atoms with Gasteiger partial charge < -0.3 is 9.84 Å². The number of ether oxygens (including phenoxy) is 1. The van der Waals surface area contributed by atoms with E-state index in [1.54, 1.807) is 12.1 Å². The number of aliphatic hydroxyl groups is 1. The van der Waals surface area contributed by atoms with Crippen LogP contribution in [-0.4, -0.2) is 17.8 Å². The fourth-order valence-electron chi connectivity index (χ4n) is 1.96. The van der Waals surface area contributed by atoms with Gasteiger partial charge in [0.05, 0.1) is 17.7 Å². The Labute approximate surface area is 93.3 Å². The topological polar surface area (TPSA) is 77.0 Å². The molecule has 1 aliphatic rings. The van der Waals surface area contributed by atoms with Crippen LogP contribution in [0.15, 0.2) is 12.1 Å². The van der Waals surface area contributed by atoms with Gasteiger partial charge in [0, 0.05) is 11.5 Å². The van der Waals surface area contributed by atoms with Crippen molar-refractivity contribution in [1.82, 2.24) is 0 Å². The Morgan fingerprint density at radius 1 is 1.31 bits per heavy atom. The Balaban J connectivity index is 2.58. The lowest BCUT2D eigenvalue weighted by molar-refractivity contribution is 0.172. The van der Waals surface area contributed by atoms with Gasteiger partial charge in [0.1, 0.15) is 24.0 Å². The zero-order chi connectivity index (χ0) is 11.7. The smallest absolute Gasteiger partial charge is 0.124 e. The van der Waals surface area contributed by atoms with Gasteiger partial charge in [-0.2, -0.15) is 10.5 Å². The van der Waals surface area contributed by atoms with E-state index in [-0.39, 0.29) is 18.6 Å². The molecule has 1 aromatic rings. The summed E-state index contributed by atoms with van der Waals surface area (Å²) in [7, 11) is 0. The van der Waals surface area contributed by atoms with Crippen LogP contribution in [0.5, 0.6) is 5.75 Å². The third kappa shape index (κ3) is 1.41. The molecule has 4 heteroatoms. The van der Waals surface area contributed by atoms with Crippen LogP contribution in [0.1, 0.15) is 29.5 Å². The maximum Gasteiger partial charge on any atom is 0.124 e. The average Bonchev–Trinajstić information content (AvgIpc) is 2.61. The van der Waals surface area contributed by atoms with E-state index in [2.05, 4.69) is 0 Å². The number of nitriles is 2. The van der Waals surface area contributed by atoms with Crippen LogP contribution in [0.2, 0.25) is 0 Å². The second kappa shape index (κ2) is 3.84. The van der Waals surface area contributed by atoms with E-state index in [9.17, 15) is 5.11 Å². The fraction of sp³-hybridized carbons (Fsp3) is 0.333. The largest absolute Gasteiger partial charge is 0.490 e. The molecule has 2 rings (SSSR count). The number of aliphatic hydroxyl groups excluding tert-OH is 1. The zero-order valence-corrected chi connectivity index (χ0v) is 8.77. The number of nitrogens with zero attached hydrogens (tertiary/aromatic N) is 2. The standard InChI is InChI=1S/C12H10N2O2/c1-7-11(6-15)10-2-8(4-13)9(5-14)3-12(10)16-7/h2-3,7,11,15H,6H2,1H3/t7-,11?/m1/s1. The molecule has 0 aliphatic carbocycles. The number of benzene rings is 1. The Bertz CT molecular complexity index is 511. The lowest BCUT2D eigenvalue weighted by Crippen LogP contribution is -2.16. The summed E-state index contributed by atoms with van der Waals surface area (Å²) in [6.45, 7) is 1.84. The molecular formula is C12H10N2O2. The molecule has 0 amide bonds. The average molecular weight is 214 g/mol. The van der Waals surface area contributed by atoms with Crippen LogP contribution in [0.4, 0.5) is 0 Å². The molecule has 0 saturated heterocycles. The summed E-state index contributed by atoms with van der Waals surface area (Å²) in [5.41, 5.74) is 1.45. The Hall–Kier alpha value is -2.04. The highest BCUT2D eigenvalue weighted by atomic mass is 16.5. The molecule has 1 aliphatic heterocycles. The molecule has 2 atom stereocenters. The van der Waals surface area contributed by atoms with Crippen molar-refractivity contribution in [1.29, 1.82) is 10.5 Å². The first-order valence-electron chi connectivity index (χ1n) is 4.97. The van der Waals surface area contributed by atoms with Gasteiger partial charge in [0.25, 0.3) is 0 Å². The maximum atomic E-state index is 9.25. The summed E-state index contributed by atoms with van der Waals surface area (Å²) < 4.78 is 5.53. The van der Waals surface area contributed by atoms with Crippen LogP contribution in [0.3, 0.4) is 0 Å². The van der Waals surface area contributed by atoms with E-state index in [1.165, 1.54) is 0 Å². The van der Waals surface area contributed by atoms with Gasteiger partial charge in [-0.3, -0.25) is 0 Å². The molecule has 0 saturated carbocycles. The summed E-state index contributed by atoms with van der Waals surface area (Å²) >= 11 is 0. The molecule has 80 valence electrons. The van der Waals surface area contributed by atoms with Crippen molar-refractivity contribution in [2.24, 2.45) is 0 Å². The van der Waals surface area contributed by atoms with Crippen molar-refractivity contribution in [2.75, 3.05) is 6.61 Å². The summed E-state index contributed by atoms with van der Waals surface area (Å²) in [6.07, 6.45) is -0.125. The van der Waals surface area contributed by atoms with Crippen LogP contribution in [0, 0.1) is 22.7 Å². The molecule has 1 aromatic carbocycles. The monoisotopic (exact) mass is 214 g/mol. The minimum absolute atomic E-state index is 0.0229. The van der Waals surface area contributed by atoms with Crippen molar-refractivity contribution in [3.8, 4) is 17.9 Å². The highest BCUT2D eigenvalue weighted by Gasteiger charge is 2.31. The number of hydrogen-bond acceptors (Lipinski definition) is 4. The third-order valence-electron chi connectivity index (χ3n) is 2.87. The van der Waals surface area contributed by atoms with Crippen molar-refractivity contribution in [2.45, 2.75) is 18.9 Å². The van der Waals surface area contributed by atoms with Gasteiger partial charge in [-0.05, 0) is 19.1 Å². The van der Waals surface area contributed by atoms with Gasteiger partial charge in [0.2, 0.25) is 0 Å². The summed E-state index contributed by atoms with van der Waals surface area (Å²) in [5.74, 6) is 0.483. The number of hydrogen-bond donors (Lipinski definition) is 1. The predicted octanol–water partition coefficient (Wildman–Crippen LogP) is 1.29. The fourth-order valence-corrected chi connectivity index (χ4v) is 1.96. The summed E-state index contributed by atoms with van der Waals surface area (Å²) in [4.78, 5) is 0. The van der Waals surface area contributed by atoms with E-state index in [0.29, 0.717) is 16.9 Å². The molecule has 16 heavy (non-hydrogen) atoms. The Morgan fingerprint density at radius 3 is 2.50 bits per heavy atom. The van der Waals surface area contributed by atoms with Crippen molar-refractivity contribution in [3.05, 3.63) is 28.8 Å². The molecule has 0 radical (unpaired) electrons. The van der Waals surface area contributed by atoms with Gasteiger partial charge in [-0.25, -0.2) is 0 Å². The third-order valence-corrected chi connectivity index (χ3v) is 2.87. The first-order chi connectivity index (χ1) is 7.71. The van der Waals surface area contributed by atoms with Crippen molar-refractivity contribution >= 4 is 0 Å². The molecule has 4 nitrogen and oxygen atoms in total. The van der Waals surface area contributed by atoms with E-state index in [1.807, 2.05) is 19.1 Å². The van der Waals surface area contributed by atoms with E-state index >= 15 is 0 Å². The zero-order valence-electron chi connectivity index (χ0n) is 8.77. The van der Waals surface area contributed by atoms with Crippen molar-refractivity contribution < 1.29 is 9.84 Å². The van der Waals surface area contributed by atoms with Crippen LogP contribution in [-0.2, 0) is 0 Å². The van der Waals surface area contributed by atoms with Gasteiger partial charge in [-0.1, -0.05) is 0 Å². The molecule has 0 bridgehead atoms. The van der Waals surface area contributed by atoms with E-state index in [0.717, 1.165) is 5.56 Å². The minimum Gasteiger partial charge on any atom is -0.490 e. The number of rotatable bonds is 1. The normalized spacial score (nSPS) is 21.8. The first kappa shape index (κ1) is 10.5. The van der Waals surface area contributed by atoms with Gasteiger partial charge in [0.15, 0.2) is 0 Å². The molecule has 0 spiro atoms.